The average Bonchev–Trinajstić information content (AvgIpc) is 2.44. The maximum absolute atomic E-state index is 11.0. The number of hydrogen-bond donors (Lipinski definition) is 0. The normalized spacial score (nSPS) is 12.9. The van der Waals surface area contributed by atoms with Crippen LogP contribution >= 0.6 is 0 Å². The summed E-state index contributed by atoms with van der Waals surface area (Å²) in [5.41, 5.74) is 0. The van der Waals surface area contributed by atoms with Gasteiger partial charge in [-0.15, -0.1) is 0 Å². The second-order valence-electron chi connectivity index (χ2n) is 6.01. The van der Waals surface area contributed by atoms with Crippen LogP contribution in [0.5, 0.6) is 0 Å². The molecule has 0 aliphatic carbocycles. The Balaban J connectivity index is 3.44. The van der Waals surface area contributed by atoms with Crippen LogP contribution in [0, 0.1) is 0 Å². The van der Waals surface area contributed by atoms with Crippen LogP contribution in [0.25, 0.3) is 0 Å². The Morgan fingerprint density at radius 2 is 1.60 bits per heavy atom. The molecule has 0 saturated carbocycles. The third-order valence-corrected chi connectivity index (χ3v) is 6.73. The first-order valence-corrected chi connectivity index (χ1v) is 12.3. The molecule has 0 atom stereocenters. The molecule has 0 saturated heterocycles. The van der Waals surface area contributed by atoms with Crippen LogP contribution in [0.3, 0.4) is 0 Å². The minimum absolute atomic E-state index is 0.562. The molecule has 1 rings (SSSR count). The van der Waals surface area contributed by atoms with Gasteiger partial charge in [-0.3, -0.25) is 4.79 Å². The van der Waals surface area contributed by atoms with Gasteiger partial charge >= 0.3 is 0 Å². The quantitative estimate of drug-likeness (QED) is 0.599. The van der Waals surface area contributed by atoms with Crippen molar-refractivity contribution in [2.75, 3.05) is 0 Å². The minimum Gasteiger partial charge on any atom is -0.462 e. The molecule has 2 nitrogen and oxygen atoms in total. The van der Waals surface area contributed by atoms with Crippen LogP contribution in [0.1, 0.15) is 10.6 Å². The van der Waals surface area contributed by atoms with Gasteiger partial charge in [0.15, 0.2) is 12.0 Å². The van der Waals surface area contributed by atoms with Crippen molar-refractivity contribution in [2.24, 2.45) is 0 Å². The summed E-state index contributed by atoms with van der Waals surface area (Å²) in [7, 11) is -2.89. The third-order valence-electron chi connectivity index (χ3n) is 2.48. The summed E-state index contributed by atoms with van der Waals surface area (Å²) in [5.74, 6) is 0.562. The zero-order chi connectivity index (χ0) is 11.9. The fourth-order valence-corrected chi connectivity index (χ4v) is 7.04. The molecule has 0 bridgehead atoms. The van der Waals surface area contributed by atoms with Crippen LogP contribution in [0.2, 0.25) is 39.3 Å². The Bertz CT molecular complexity index is 367. The average molecular weight is 240 g/mol. The van der Waals surface area contributed by atoms with Gasteiger partial charge in [0, 0.05) is 0 Å². The summed E-state index contributed by atoms with van der Waals surface area (Å²) in [4.78, 5) is 11.0. The largest absolute Gasteiger partial charge is 0.462 e. The Morgan fingerprint density at radius 3 is 1.93 bits per heavy atom. The van der Waals surface area contributed by atoms with Gasteiger partial charge < -0.3 is 4.42 Å². The Hall–Kier alpha value is -0.616. The molecular weight excluding hydrogens is 220 g/mol. The standard InChI is InChI=1S/C11H20O2Si2/c1-14(2,3)10-8-13-9(7-12)11(10)15(4,5)6/h7-8H,1-6H3. The third kappa shape index (κ3) is 2.49. The Labute approximate surface area is 93.7 Å². The highest BCUT2D eigenvalue weighted by Gasteiger charge is 2.32. The summed E-state index contributed by atoms with van der Waals surface area (Å²) >= 11 is 0. The molecule has 0 fully saturated rings. The van der Waals surface area contributed by atoms with Gasteiger partial charge in [0.2, 0.25) is 0 Å². The highest BCUT2D eigenvalue weighted by atomic mass is 28.3. The van der Waals surface area contributed by atoms with Gasteiger partial charge in [-0.1, -0.05) is 39.3 Å². The van der Waals surface area contributed by atoms with Crippen molar-refractivity contribution < 1.29 is 9.21 Å². The zero-order valence-electron chi connectivity index (χ0n) is 10.5. The fourth-order valence-electron chi connectivity index (χ4n) is 1.79. The lowest BCUT2D eigenvalue weighted by atomic mass is 10.5. The molecular formula is C11H20O2Si2. The van der Waals surface area contributed by atoms with E-state index in [-0.39, 0.29) is 0 Å². The van der Waals surface area contributed by atoms with Crippen LogP contribution in [-0.4, -0.2) is 22.4 Å². The SMILES string of the molecule is C[Si](C)(C)c1coc(C=O)c1[Si](C)(C)C. The number of hydrogen-bond acceptors (Lipinski definition) is 2. The molecule has 0 aliphatic heterocycles. The van der Waals surface area contributed by atoms with E-state index >= 15 is 0 Å². The fraction of sp³-hybridized carbons (Fsp3) is 0.545. The maximum atomic E-state index is 11.0. The van der Waals surface area contributed by atoms with E-state index in [1.165, 1.54) is 10.4 Å². The van der Waals surface area contributed by atoms with Gasteiger partial charge in [-0.25, -0.2) is 0 Å². The molecule has 1 aromatic heterocycles. The van der Waals surface area contributed by atoms with Gasteiger partial charge in [-0.05, 0) is 10.4 Å². The summed E-state index contributed by atoms with van der Waals surface area (Å²) in [5, 5.41) is 2.56. The Morgan fingerprint density at radius 1 is 1.07 bits per heavy atom. The molecule has 0 N–H and O–H groups in total. The monoisotopic (exact) mass is 240 g/mol. The molecule has 1 heterocycles. The minimum atomic E-state index is -1.49. The predicted molar refractivity (Wildman–Crippen MR) is 70.1 cm³/mol. The van der Waals surface area contributed by atoms with Crippen LogP contribution in [0.4, 0.5) is 0 Å². The highest BCUT2D eigenvalue weighted by Crippen LogP contribution is 2.10. The number of rotatable bonds is 3. The van der Waals surface area contributed by atoms with E-state index in [9.17, 15) is 4.79 Å². The van der Waals surface area contributed by atoms with Crippen molar-refractivity contribution in [3.63, 3.8) is 0 Å². The van der Waals surface area contributed by atoms with Crippen LogP contribution in [0.15, 0.2) is 10.7 Å². The van der Waals surface area contributed by atoms with E-state index in [2.05, 4.69) is 39.3 Å². The van der Waals surface area contributed by atoms with E-state index < -0.39 is 16.1 Å². The first kappa shape index (κ1) is 12.5. The molecule has 15 heavy (non-hydrogen) atoms. The summed E-state index contributed by atoms with van der Waals surface area (Å²) in [6.45, 7) is 13.6. The molecule has 1 aromatic rings. The van der Waals surface area contributed by atoms with Crippen molar-refractivity contribution in [3.8, 4) is 0 Å². The number of furan rings is 1. The lowest BCUT2D eigenvalue weighted by Gasteiger charge is -2.23. The first-order chi connectivity index (χ1) is 6.68. The van der Waals surface area contributed by atoms with Gasteiger partial charge in [0.1, 0.15) is 0 Å². The van der Waals surface area contributed by atoms with Gasteiger partial charge in [-0.2, -0.15) is 0 Å². The molecule has 4 heteroatoms. The topological polar surface area (TPSA) is 30.2 Å². The first-order valence-electron chi connectivity index (χ1n) is 5.25. The number of carbonyl (C=O) groups excluding carboxylic acids is 1. The summed E-state index contributed by atoms with van der Waals surface area (Å²) in [6, 6.07) is 0. The van der Waals surface area contributed by atoms with Crippen molar-refractivity contribution in [2.45, 2.75) is 39.3 Å². The lowest BCUT2D eigenvalue weighted by molar-refractivity contribution is 0.110. The molecule has 0 amide bonds. The molecule has 0 aromatic carbocycles. The lowest BCUT2D eigenvalue weighted by Crippen LogP contribution is -2.55. The van der Waals surface area contributed by atoms with E-state index in [1.807, 2.05) is 6.26 Å². The second kappa shape index (κ2) is 3.75. The number of carbonyl (C=O) groups is 1. The smallest absolute Gasteiger partial charge is 0.185 e. The molecule has 84 valence electrons. The van der Waals surface area contributed by atoms with E-state index in [1.54, 1.807) is 0 Å². The Kier molecular flexibility index (Phi) is 3.12. The molecule has 0 radical (unpaired) electrons. The van der Waals surface area contributed by atoms with E-state index in [0.29, 0.717) is 5.76 Å². The van der Waals surface area contributed by atoms with Gasteiger partial charge in [0.05, 0.1) is 22.4 Å². The van der Waals surface area contributed by atoms with Crippen molar-refractivity contribution in [1.82, 2.24) is 0 Å². The summed E-state index contributed by atoms with van der Waals surface area (Å²) < 4.78 is 5.40. The van der Waals surface area contributed by atoms with Crippen LogP contribution < -0.4 is 10.4 Å². The number of aldehydes is 1. The maximum Gasteiger partial charge on any atom is 0.185 e. The van der Waals surface area contributed by atoms with Crippen molar-refractivity contribution in [3.05, 3.63) is 12.0 Å². The van der Waals surface area contributed by atoms with Crippen LogP contribution in [-0.2, 0) is 0 Å². The van der Waals surface area contributed by atoms with Crippen molar-refractivity contribution >= 4 is 32.8 Å². The van der Waals surface area contributed by atoms with Crippen molar-refractivity contribution in [1.29, 1.82) is 0 Å². The van der Waals surface area contributed by atoms with E-state index in [0.717, 1.165) is 6.29 Å². The summed E-state index contributed by atoms with van der Waals surface area (Å²) in [6.07, 6.45) is 2.67. The zero-order valence-corrected chi connectivity index (χ0v) is 12.5. The molecule has 0 unspecified atom stereocenters. The second-order valence-corrected chi connectivity index (χ2v) is 16.0. The predicted octanol–water partition coefficient (Wildman–Crippen LogP) is 2.18. The highest BCUT2D eigenvalue weighted by molar-refractivity contribution is 6.98. The van der Waals surface area contributed by atoms with Gasteiger partial charge in [0.25, 0.3) is 0 Å². The van der Waals surface area contributed by atoms with E-state index in [4.69, 9.17) is 4.42 Å². The molecule has 0 aliphatic rings. The molecule has 0 spiro atoms.